The van der Waals surface area contributed by atoms with Gasteiger partial charge in [-0.05, 0) is 12.8 Å². The van der Waals surface area contributed by atoms with E-state index in [1.807, 2.05) is 10.2 Å². The normalized spacial score (nSPS) is 16.6. The molecule has 1 aliphatic heterocycles. The van der Waals surface area contributed by atoms with E-state index in [-0.39, 0.29) is 10.7 Å². The molecule has 1 aromatic heterocycles. The smallest absolute Gasteiger partial charge is 0.382 e. The quantitative estimate of drug-likeness (QED) is 0.896. The number of thiazole rings is 1. The second-order valence-corrected chi connectivity index (χ2v) is 5.89. The minimum atomic E-state index is -4.44. The number of hydrogen-bond donors (Lipinski definition) is 2. The molecule has 1 saturated heterocycles. The number of nitrogens with zero attached hydrogens (tertiary/aromatic N) is 2. The average molecular weight is 322 g/mol. The molecule has 0 unspecified atom stereocenters. The number of halogens is 3. The molecule has 1 aliphatic rings. The summed E-state index contributed by atoms with van der Waals surface area (Å²) in [6.45, 7) is 0.287. The van der Waals surface area contributed by atoms with Crippen LogP contribution < -0.4 is 16.0 Å². The molecule has 0 bridgehead atoms. The fourth-order valence-electron chi connectivity index (χ4n) is 2.14. The van der Waals surface area contributed by atoms with Crippen molar-refractivity contribution in [2.24, 2.45) is 0 Å². The first-order valence-corrected chi connectivity index (χ1v) is 7.54. The van der Waals surface area contributed by atoms with Crippen LogP contribution in [-0.2, 0) is 0 Å². The molecule has 2 rings (SSSR count). The van der Waals surface area contributed by atoms with E-state index in [1.165, 1.54) is 0 Å². The lowest BCUT2D eigenvalue weighted by atomic mass is 10.2. The van der Waals surface area contributed by atoms with Gasteiger partial charge in [-0.2, -0.15) is 13.2 Å². The van der Waals surface area contributed by atoms with Crippen LogP contribution in [-0.4, -0.2) is 36.7 Å². The highest BCUT2D eigenvalue weighted by Crippen LogP contribution is 2.29. The van der Waals surface area contributed by atoms with Crippen LogP contribution in [0.2, 0.25) is 0 Å². The van der Waals surface area contributed by atoms with Gasteiger partial charge in [0.05, 0.1) is 0 Å². The number of anilines is 2. The van der Waals surface area contributed by atoms with Gasteiger partial charge in [-0.3, -0.25) is 4.79 Å². The SMILES string of the molecule is Nc1nc(N2CCCCCC2)sc1C(=O)NCC(F)(F)F. The van der Waals surface area contributed by atoms with Crippen LogP contribution >= 0.6 is 11.3 Å². The summed E-state index contributed by atoms with van der Waals surface area (Å²) in [4.78, 5) is 17.9. The van der Waals surface area contributed by atoms with Crippen molar-refractivity contribution in [3.05, 3.63) is 4.88 Å². The van der Waals surface area contributed by atoms with Crippen molar-refractivity contribution in [1.82, 2.24) is 10.3 Å². The lowest BCUT2D eigenvalue weighted by Gasteiger charge is -2.18. The fourth-order valence-corrected chi connectivity index (χ4v) is 3.09. The molecule has 5 nitrogen and oxygen atoms in total. The number of carbonyl (C=O) groups is 1. The molecule has 0 radical (unpaired) electrons. The number of nitrogens with one attached hydrogen (secondary N) is 1. The van der Waals surface area contributed by atoms with Crippen molar-refractivity contribution in [1.29, 1.82) is 0 Å². The summed E-state index contributed by atoms with van der Waals surface area (Å²) < 4.78 is 36.3. The van der Waals surface area contributed by atoms with E-state index in [4.69, 9.17) is 5.73 Å². The van der Waals surface area contributed by atoms with Gasteiger partial charge in [-0.25, -0.2) is 4.98 Å². The standard InChI is InChI=1S/C12H17F3N4OS/c13-12(14,15)7-17-10(20)8-9(16)18-11(21-8)19-5-3-1-2-4-6-19/h1-7,16H2,(H,17,20). The Hall–Kier alpha value is -1.51. The predicted octanol–water partition coefficient (Wildman–Crippen LogP) is 2.40. The number of nitrogen functional groups attached to an aromatic ring is 1. The molecule has 3 N–H and O–H groups in total. The van der Waals surface area contributed by atoms with Crippen molar-refractivity contribution < 1.29 is 18.0 Å². The number of alkyl halides is 3. The maximum Gasteiger partial charge on any atom is 0.405 e. The summed E-state index contributed by atoms with van der Waals surface area (Å²) in [5, 5.41) is 2.42. The maximum absolute atomic E-state index is 12.1. The van der Waals surface area contributed by atoms with Crippen molar-refractivity contribution >= 4 is 28.2 Å². The van der Waals surface area contributed by atoms with Crippen LogP contribution in [0.1, 0.15) is 35.4 Å². The first kappa shape index (κ1) is 15.9. The van der Waals surface area contributed by atoms with Gasteiger partial charge in [0.2, 0.25) is 0 Å². The molecule has 118 valence electrons. The number of aromatic nitrogens is 1. The predicted molar refractivity (Wildman–Crippen MR) is 75.6 cm³/mol. The Kier molecular flexibility index (Phi) is 4.92. The Balaban J connectivity index is 2.05. The molecule has 0 aromatic carbocycles. The molecule has 0 saturated carbocycles. The van der Waals surface area contributed by atoms with Gasteiger partial charge in [-0.1, -0.05) is 24.2 Å². The van der Waals surface area contributed by atoms with Gasteiger partial charge >= 0.3 is 6.18 Å². The van der Waals surface area contributed by atoms with Crippen LogP contribution in [0, 0.1) is 0 Å². The molecule has 1 amide bonds. The summed E-state index contributed by atoms with van der Waals surface area (Å²) in [6, 6.07) is 0. The minimum absolute atomic E-state index is 0.0149. The summed E-state index contributed by atoms with van der Waals surface area (Å²) in [7, 11) is 0. The van der Waals surface area contributed by atoms with Crippen molar-refractivity contribution in [2.45, 2.75) is 31.9 Å². The fraction of sp³-hybridized carbons (Fsp3) is 0.667. The van der Waals surface area contributed by atoms with Crippen LogP contribution in [0.15, 0.2) is 0 Å². The number of nitrogens with two attached hydrogens (primary N) is 1. The van der Waals surface area contributed by atoms with E-state index >= 15 is 0 Å². The Morgan fingerprint density at radius 1 is 1.29 bits per heavy atom. The Labute approximate surface area is 124 Å². The van der Waals surface area contributed by atoms with Crippen LogP contribution in [0.4, 0.5) is 24.1 Å². The molecule has 0 spiro atoms. The van der Waals surface area contributed by atoms with Gasteiger partial charge in [-0.15, -0.1) is 0 Å². The molecular formula is C12H17F3N4OS. The monoisotopic (exact) mass is 322 g/mol. The molecule has 9 heteroatoms. The second-order valence-electron chi connectivity index (χ2n) is 4.91. The molecule has 0 aliphatic carbocycles. The second kappa shape index (κ2) is 6.50. The number of hydrogen-bond acceptors (Lipinski definition) is 5. The van der Waals surface area contributed by atoms with Crippen molar-refractivity contribution in [3.8, 4) is 0 Å². The van der Waals surface area contributed by atoms with E-state index in [9.17, 15) is 18.0 Å². The largest absolute Gasteiger partial charge is 0.405 e. The van der Waals surface area contributed by atoms with Crippen molar-refractivity contribution in [2.75, 3.05) is 30.3 Å². The molecule has 1 aromatic rings. The molecular weight excluding hydrogens is 305 g/mol. The topological polar surface area (TPSA) is 71.2 Å². The lowest BCUT2D eigenvalue weighted by molar-refractivity contribution is -0.123. The lowest BCUT2D eigenvalue weighted by Crippen LogP contribution is -2.33. The van der Waals surface area contributed by atoms with Gasteiger partial charge in [0.1, 0.15) is 17.2 Å². The molecule has 0 atom stereocenters. The first-order valence-electron chi connectivity index (χ1n) is 6.73. The number of amides is 1. The molecule has 1 fully saturated rings. The maximum atomic E-state index is 12.1. The van der Waals surface area contributed by atoms with Gasteiger partial charge in [0.25, 0.3) is 5.91 Å². The van der Waals surface area contributed by atoms with E-state index in [0.29, 0.717) is 5.13 Å². The van der Waals surface area contributed by atoms with E-state index < -0.39 is 18.6 Å². The average Bonchev–Trinajstić information content (AvgIpc) is 2.64. The van der Waals surface area contributed by atoms with E-state index in [0.717, 1.165) is 50.1 Å². The van der Waals surface area contributed by atoms with Gasteiger partial charge in [0, 0.05) is 13.1 Å². The highest BCUT2D eigenvalue weighted by molar-refractivity contribution is 7.18. The van der Waals surface area contributed by atoms with Crippen LogP contribution in [0.25, 0.3) is 0 Å². The Morgan fingerprint density at radius 3 is 2.48 bits per heavy atom. The summed E-state index contributed by atoms with van der Waals surface area (Å²) in [6.07, 6.45) is -0.0700. The van der Waals surface area contributed by atoms with E-state index in [1.54, 1.807) is 0 Å². The molecule has 21 heavy (non-hydrogen) atoms. The molecule has 2 heterocycles. The zero-order valence-electron chi connectivity index (χ0n) is 11.4. The number of carbonyl (C=O) groups excluding carboxylic acids is 1. The van der Waals surface area contributed by atoms with Crippen molar-refractivity contribution in [3.63, 3.8) is 0 Å². The summed E-state index contributed by atoms with van der Waals surface area (Å²) >= 11 is 1.04. The first-order chi connectivity index (χ1) is 9.87. The van der Waals surface area contributed by atoms with Gasteiger partial charge < -0.3 is 16.0 Å². The highest BCUT2D eigenvalue weighted by Gasteiger charge is 2.29. The highest BCUT2D eigenvalue weighted by atomic mass is 32.1. The summed E-state index contributed by atoms with van der Waals surface area (Å²) in [5.74, 6) is -0.845. The third-order valence-electron chi connectivity index (χ3n) is 3.17. The van der Waals surface area contributed by atoms with E-state index in [2.05, 4.69) is 4.98 Å². The van der Waals surface area contributed by atoms with Crippen LogP contribution in [0.5, 0.6) is 0 Å². The van der Waals surface area contributed by atoms with Gasteiger partial charge in [0.15, 0.2) is 5.13 Å². The zero-order chi connectivity index (χ0) is 15.5. The third kappa shape index (κ3) is 4.48. The number of rotatable bonds is 3. The summed E-state index contributed by atoms with van der Waals surface area (Å²) in [5.41, 5.74) is 5.66. The Bertz CT molecular complexity index is 495. The van der Waals surface area contributed by atoms with Crippen LogP contribution in [0.3, 0.4) is 0 Å². The Morgan fingerprint density at radius 2 is 1.90 bits per heavy atom. The third-order valence-corrected chi connectivity index (χ3v) is 4.31. The zero-order valence-corrected chi connectivity index (χ0v) is 12.2. The minimum Gasteiger partial charge on any atom is -0.382 e.